The normalized spacial score (nSPS) is 25.0. The summed E-state index contributed by atoms with van der Waals surface area (Å²) in [6.07, 6.45) is 5.58. The molecule has 0 saturated carbocycles. The van der Waals surface area contributed by atoms with E-state index < -0.39 is 9.84 Å². The number of piperidine rings is 1. The third-order valence-electron chi connectivity index (χ3n) is 5.45. The molecule has 3 rings (SSSR count). The number of sulfone groups is 1. The van der Waals surface area contributed by atoms with Gasteiger partial charge in [0.05, 0.1) is 18.1 Å². The average molecular weight is 352 g/mol. The number of nitrogens with zero attached hydrogens (tertiary/aromatic N) is 1. The minimum atomic E-state index is -2.76. The van der Waals surface area contributed by atoms with Crippen LogP contribution in [0.4, 0.5) is 0 Å². The Morgan fingerprint density at radius 2 is 1.83 bits per heavy atom. The first kappa shape index (κ1) is 17.7. The Kier molecular flexibility index (Phi) is 5.82. The van der Waals surface area contributed by atoms with E-state index in [1.807, 2.05) is 6.92 Å². The first-order valence-corrected chi connectivity index (χ1v) is 11.0. The number of aryl methyl sites for hydroxylation is 1. The maximum absolute atomic E-state index is 11.6. The molecule has 0 aliphatic carbocycles. The van der Waals surface area contributed by atoms with Crippen molar-refractivity contribution in [1.82, 2.24) is 4.90 Å². The molecule has 1 aromatic rings. The number of hydrogen-bond acceptors (Lipinski definition) is 4. The summed E-state index contributed by atoms with van der Waals surface area (Å²) in [5.41, 5.74) is 1.38. The predicted octanol–water partition coefficient (Wildman–Crippen LogP) is 2.92. The summed E-state index contributed by atoms with van der Waals surface area (Å²) < 4.78 is 28.8. The van der Waals surface area contributed by atoms with Gasteiger partial charge in [0.25, 0.3) is 0 Å². The molecular formula is C19H29NO3S. The molecule has 0 amide bonds. The Labute approximate surface area is 146 Å². The van der Waals surface area contributed by atoms with Crippen LogP contribution in [0.3, 0.4) is 0 Å². The fraction of sp³-hybridized carbons (Fsp3) is 0.684. The van der Waals surface area contributed by atoms with Crippen molar-refractivity contribution in [3.63, 3.8) is 0 Å². The molecule has 1 atom stereocenters. The van der Waals surface area contributed by atoms with Crippen LogP contribution < -0.4 is 4.74 Å². The van der Waals surface area contributed by atoms with Crippen LogP contribution in [0.15, 0.2) is 24.3 Å². The van der Waals surface area contributed by atoms with Gasteiger partial charge in [0.1, 0.15) is 5.75 Å². The molecule has 2 aliphatic rings. The maximum atomic E-state index is 11.6. The summed E-state index contributed by atoms with van der Waals surface area (Å²) in [4.78, 5) is 2.41. The van der Waals surface area contributed by atoms with Gasteiger partial charge in [-0.05, 0) is 75.7 Å². The van der Waals surface area contributed by atoms with Gasteiger partial charge >= 0.3 is 0 Å². The van der Waals surface area contributed by atoms with E-state index >= 15 is 0 Å². The Morgan fingerprint density at radius 3 is 2.42 bits per heavy atom. The van der Waals surface area contributed by atoms with Crippen molar-refractivity contribution in [3.8, 4) is 5.75 Å². The van der Waals surface area contributed by atoms with Crippen molar-refractivity contribution >= 4 is 9.84 Å². The smallest absolute Gasteiger partial charge is 0.151 e. The van der Waals surface area contributed by atoms with E-state index in [0.29, 0.717) is 18.1 Å². The van der Waals surface area contributed by atoms with Gasteiger partial charge in [-0.15, -0.1) is 0 Å². The maximum Gasteiger partial charge on any atom is 0.151 e. The summed E-state index contributed by atoms with van der Waals surface area (Å²) in [7, 11) is -2.76. The van der Waals surface area contributed by atoms with Gasteiger partial charge in [-0.2, -0.15) is 0 Å². The zero-order chi connectivity index (χ0) is 17.0. The molecule has 0 unspecified atom stereocenters. The Balaban J connectivity index is 1.41. The highest BCUT2D eigenvalue weighted by Crippen LogP contribution is 2.27. The predicted molar refractivity (Wildman–Crippen MR) is 97.3 cm³/mol. The third kappa shape index (κ3) is 4.73. The Hall–Kier alpha value is -1.07. The second kappa shape index (κ2) is 7.87. The van der Waals surface area contributed by atoms with Crippen LogP contribution in [0.2, 0.25) is 0 Å². The van der Waals surface area contributed by atoms with Crippen LogP contribution in [-0.4, -0.2) is 50.6 Å². The van der Waals surface area contributed by atoms with E-state index in [0.717, 1.165) is 37.6 Å². The molecule has 134 valence electrons. The van der Waals surface area contributed by atoms with Crippen molar-refractivity contribution in [2.45, 2.75) is 45.1 Å². The molecule has 0 radical (unpaired) electrons. The number of rotatable bonds is 6. The summed E-state index contributed by atoms with van der Waals surface area (Å²) in [5, 5.41) is 0. The molecule has 5 heteroatoms. The fourth-order valence-electron chi connectivity index (χ4n) is 3.96. The lowest BCUT2D eigenvalue weighted by Crippen LogP contribution is -2.42. The van der Waals surface area contributed by atoms with Crippen LogP contribution in [0.25, 0.3) is 0 Å². The van der Waals surface area contributed by atoms with Crippen molar-refractivity contribution in [2.75, 3.05) is 31.2 Å². The molecule has 0 spiro atoms. The number of ether oxygens (including phenoxy) is 1. The third-order valence-corrected chi connectivity index (χ3v) is 7.20. The zero-order valence-electron chi connectivity index (χ0n) is 14.6. The molecule has 0 bridgehead atoms. The highest BCUT2D eigenvalue weighted by Gasteiger charge is 2.33. The minimum Gasteiger partial charge on any atom is -0.494 e. The second-order valence-electron chi connectivity index (χ2n) is 7.15. The Morgan fingerprint density at radius 1 is 1.12 bits per heavy atom. The highest BCUT2D eigenvalue weighted by atomic mass is 32.2. The Bertz CT molecular complexity index is 619. The molecule has 0 aromatic heterocycles. The topological polar surface area (TPSA) is 46.6 Å². The monoisotopic (exact) mass is 351 g/mol. The van der Waals surface area contributed by atoms with Crippen LogP contribution in [0.5, 0.6) is 5.75 Å². The van der Waals surface area contributed by atoms with E-state index in [1.165, 1.54) is 24.8 Å². The standard InChI is InChI=1S/C19H29NO3S/c1-2-23-19-7-5-16(6-8-19)3-4-17-9-12-20(13-10-17)18-11-14-24(21,22)15-18/h5-8,17-18H,2-4,9-15H2,1H3/t18-/m1/s1. The van der Waals surface area contributed by atoms with Gasteiger partial charge in [0.2, 0.25) is 0 Å². The molecular weight excluding hydrogens is 322 g/mol. The van der Waals surface area contributed by atoms with Crippen molar-refractivity contribution < 1.29 is 13.2 Å². The van der Waals surface area contributed by atoms with Gasteiger partial charge in [0.15, 0.2) is 9.84 Å². The largest absolute Gasteiger partial charge is 0.494 e. The summed E-state index contributed by atoms with van der Waals surface area (Å²) >= 11 is 0. The van der Waals surface area contributed by atoms with Gasteiger partial charge in [-0.1, -0.05) is 12.1 Å². The number of hydrogen-bond donors (Lipinski definition) is 0. The summed E-state index contributed by atoms with van der Waals surface area (Å²) in [6, 6.07) is 8.74. The van der Waals surface area contributed by atoms with Crippen molar-refractivity contribution in [2.24, 2.45) is 5.92 Å². The molecule has 2 aliphatic heterocycles. The summed E-state index contributed by atoms with van der Waals surface area (Å²) in [5.74, 6) is 2.48. The van der Waals surface area contributed by atoms with Crippen molar-refractivity contribution in [1.29, 1.82) is 0 Å². The van der Waals surface area contributed by atoms with E-state index in [4.69, 9.17) is 4.74 Å². The minimum absolute atomic E-state index is 0.280. The average Bonchev–Trinajstić information content (AvgIpc) is 2.95. The zero-order valence-corrected chi connectivity index (χ0v) is 15.4. The van der Waals surface area contributed by atoms with Crippen molar-refractivity contribution in [3.05, 3.63) is 29.8 Å². The van der Waals surface area contributed by atoms with Gasteiger partial charge in [0, 0.05) is 6.04 Å². The quantitative estimate of drug-likeness (QED) is 0.791. The molecule has 2 saturated heterocycles. The lowest BCUT2D eigenvalue weighted by molar-refractivity contribution is 0.140. The molecule has 0 N–H and O–H groups in total. The number of likely N-dealkylation sites (tertiary alicyclic amines) is 1. The second-order valence-corrected chi connectivity index (χ2v) is 9.38. The molecule has 2 heterocycles. The first-order valence-electron chi connectivity index (χ1n) is 9.22. The lowest BCUT2D eigenvalue weighted by atomic mass is 9.90. The van der Waals surface area contributed by atoms with Crippen LogP contribution >= 0.6 is 0 Å². The number of benzene rings is 1. The van der Waals surface area contributed by atoms with Gasteiger partial charge < -0.3 is 4.74 Å². The molecule has 2 fully saturated rings. The van der Waals surface area contributed by atoms with Crippen LogP contribution in [0.1, 0.15) is 38.2 Å². The van der Waals surface area contributed by atoms with Crippen LogP contribution in [-0.2, 0) is 16.3 Å². The summed E-state index contributed by atoms with van der Waals surface area (Å²) in [6.45, 7) is 4.84. The molecule has 24 heavy (non-hydrogen) atoms. The van der Waals surface area contributed by atoms with E-state index in [-0.39, 0.29) is 6.04 Å². The van der Waals surface area contributed by atoms with E-state index in [1.54, 1.807) is 0 Å². The molecule has 1 aromatic carbocycles. The fourth-order valence-corrected chi connectivity index (χ4v) is 5.72. The first-order chi connectivity index (χ1) is 11.6. The van der Waals surface area contributed by atoms with E-state index in [9.17, 15) is 8.42 Å². The van der Waals surface area contributed by atoms with E-state index in [2.05, 4.69) is 29.2 Å². The van der Waals surface area contributed by atoms with Crippen LogP contribution in [0, 0.1) is 5.92 Å². The lowest BCUT2D eigenvalue weighted by Gasteiger charge is -2.35. The highest BCUT2D eigenvalue weighted by molar-refractivity contribution is 7.91. The van der Waals surface area contributed by atoms with Gasteiger partial charge in [-0.3, -0.25) is 4.90 Å². The molecule has 4 nitrogen and oxygen atoms in total. The SMILES string of the molecule is CCOc1ccc(CCC2CCN([C@@H]3CCS(=O)(=O)C3)CC2)cc1. The van der Waals surface area contributed by atoms with Gasteiger partial charge in [-0.25, -0.2) is 8.42 Å².